The lowest BCUT2D eigenvalue weighted by molar-refractivity contribution is 0.0990. The maximum Gasteiger partial charge on any atom is 0.176 e. The average molecular weight is 271 g/mol. The topological polar surface area (TPSA) is 58.6 Å². The van der Waals surface area contributed by atoms with Crippen LogP contribution in [0.5, 0.6) is 11.5 Å². The Labute approximate surface area is 118 Å². The fourth-order valence-corrected chi connectivity index (χ4v) is 1.87. The number of hydrogen-bond donors (Lipinski definition) is 2. The molecule has 0 aliphatic rings. The zero-order chi connectivity index (χ0) is 14.4. The molecule has 4 nitrogen and oxygen atoms in total. The number of carbonyl (C=O) groups excluding carboxylic acids is 1. The SMILES string of the molecule is COc1cc(C(=O)CNCc2ccccc2)ccc1O. The van der Waals surface area contributed by atoms with Gasteiger partial charge in [0.15, 0.2) is 17.3 Å². The van der Waals surface area contributed by atoms with E-state index in [9.17, 15) is 9.90 Å². The zero-order valence-corrected chi connectivity index (χ0v) is 11.3. The van der Waals surface area contributed by atoms with Crippen molar-refractivity contribution >= 4 is 5.78 Å². The number of ether oxygens (including phenoxy) is 1. The van der Waals surface area contributed by atoms with Crippen molar-refractivity contribution in [3.05, 3.63) is 59.7 Å². The first-order valence-corrected chi connectivity index (χ1v) is 6.35. The molecular formula is C16H17NO3. The van der Waals surface area contributed by atoms with Crippen LogP contribution in [-0.2, 0) is 6.54 Å². The number of benzene rings is 2. The molecule has 2 aromatic carbocycles. The first kappa shape index (κ1) is 14.1. The summed E-state index contributed by atoms with van der Waals surface area (Å²) in [6.07, 6.45) is 0. The molecule has 0 unspecified atom stereocenters. The monoisotopic (exact) mass is 271 g/mol. The molecule has 2 aromatic rings. The molecular weight excluding hydrogens is 254 g/mol. The molecule has 2 rings (SSSR count). The van der Waals surface area contributed by atoms with Crippen LogP contribution in [0.1, 0.15) is 15.9 Å². The highest BCUT2D eigenvalue weighted by Crippen LogP contribution is 2.26. The fourth-order valence-electron chi connectivity index (χ4n) is 1.87. The van der Waals surface area contributed by atoms with Crippen molar-refractivity contribution in [1.29, 1.82) is 0 Å². The normalized spacial score (nSPS) is 10.2. The number of methoxy groups -OCH3 is 1. The highest BCUT2D eigenvalue weighted by Gasteiger charge is 2.09. The molecule has 0 atom stereocenters. The number of Topliss-reactive ketones (excluding diaryl/α,β-unsaturated/α-hetero) is 1. The summed E-state index contributed by atoms with van der Waals surface area (Å²) in [5.74, 6) is 0.291. The van der Waals surface area contributed by atoms with Gasteiger partial charge in [-0.3, -0.25) is 4.79 Å². The zero-order valence-electron chi connectivity index (χ0n) is 11.3. The summed E-state index contributed by atoms with van der Waals surface area (Å²) in [6.45, 7) is 0.880. The number of nitrogens with one attached hydrogen (secondary N) is 1. The Kier molecular flexibility index (Phi) is 4.74. The maximum absolute atomic E-state index is 12.0. The van der Waals surface area contributed by atoms with Crippen LogP contribution in [0, 0.1) is 0 Å². The molecule has 0 aliphatic heterocycles. The van der Waals surface area contributed by atoms with Gasteiger partial charge in [0.25, 0.3) is 0 Å². The van der Waals surface area contributed by atoms with E-state index < -0.39 is 0 Å². The van der Waals surface area contributed by atoms with Crippen LogP contribution < -0.4 is 10.1 Å². The quantitative estimate of drug-likeness (QED) is 0.792. The van der Waals surface area contributed by atoms with E-state index in [1.54, 1.807) is 12.1 Å². The molecule has 0 spiro atoms. The van der Waals surface area contributed by atoms with Crippen LogP contribution >= 0.6 is 0 Å². The lowest BCUT2D eigenvalue weighted by Crippen LogP contribution is -2.22. The molecule has 0 saturated heterocycles. The predicted molar refractivity (Wildman–Crippen MR) is 77.1 cm³/mol. The molecule has 20 heavy (non-hydrogen) atoms. The predicted octanol–water partition coefficient (Wildman–Crippen LogP) is 2.37. The van der Waals surface area contributed by atoms with E-state index in [4.69, 9.17) is 4.74 Å². The largest absolute Gasteiger partial charge is 0.504 e. The summed E-state index contributed by atoms with van der Waals surface area (Å²) >= 11 is 0. The van der Waals surface area contributed by atoms with Gasteiger partial charge in [-0.2, -0.15) is 0 Å². The van der Waals surface area contributed by atoms with Crippen molar-refractivity contribution in [2.45, 2.75) is 6.54 Å². The van der Waals surface area contributed by atoms with Gasteiger partial charge in [-0.05, 0) is 23.8 Å². The Morgan fingerprint density at radius 2 is 1.95 bits per heavy atom. The highest BCUT2D eigenvalue weighted by molar-refractivity contribution is 5.98. The van der Waals surface area contributed by atoms with Crippen LogP contribution in [-0.4, -0.2) is 24.5 Å². The number of phenolic OH excluding ortho intramolecular Hbond substituents is 1. The van der Waals surface area contributed by atoms with Crippen molar-refractivity contribution < 1.29 is 14.6 Å². The first-order chi connectivity index (χ1) is 9.70. The molecule has 4 heteroatoms. The van der Waals surface area contributed by atoms with Crippen LogP contribution in [0.15, 0.2) is 48.5 Å². The van der Waals surface area contributed by atoms with Crippen LogP contribution in [0.2, 0.25) is 0 Å². The van der Waals surface area contributed by atoms with Gasteiger partial charge in [-0.25, -0.2) is 0 Å². The van der Waals surface area contributed by atoms with Crippen molar-refractivity contribution in [3.63, 3.8) is 0 Å². The van der Waals surface area contributed by atoms with Gasteiger partial charge < -0.3 is 15.2 Å². The second-order valence-electron chi connectivity index (χ2n) is 4.40. The lowest BCUT2D eigenvalue weighted by Gasteiger charge is -2.07. The van der Waals surface area contributed by atoms with Crippen LogP contribution in [0.4, 0.5) is 0 Å². The molecule has 104 valence electrons. The van der Waals surface area contributed by atoms with Crippen molar-refractivity contribution in [3.8, 4) is 11.5 Å². The summed E-state index contributed by atoms with van der Waals surface area (Å²) < 4.78 is 4.99. The molecule has 0 saturated carbocycles. The number of ketones is 1. The Bertz CT molecular complexity index is 582. The molecule has 0 amide bonds. The first-order valence-electron chi connectivity index (χ1n) is 6.35. The van der Waals surface area contributed by atoms with E-state index in [1.807, 2.05) is 30.3 Å². The Hall–Kier alpha value is -2.33. The Morgan fingerprint density at radius 1 is 1.20 bits per heavy atom. The smallest absolute Gasteiger partial charge is 0.176 e. The van der Waals surface area contributed by atoms with Gasteiger partial charge in [-0.15, -0.1) is 0 Å². The summed E-state index contributed by atoms with van der Waals surface area (Å²) in [6, 6.07) is 14.5. The highest BCUT2D eigenvalue weighted by atomic mass is 16.5. The number of rotatable bonds is 6. The lowest BCUT2D eigenvalue weighted by atomic mass is 10.1. The number of aromatic hydroxyl groups is 1. The van der Waals surface area contributed by atoms with Gasteiger partial charge in [0, 0.05) is 12.1 Å². The van der Waals surface area contributed by atoms with Gasteiger partial charge in [0.2, 0.25) is 0 Å². The Balaban J connectivity index is 1.92. The third kappa shape index (κ3) is 3.59. The summed E-state index contributed by atoms with van der Waals surface area (Å²) in [5.41, 5.74) is 1.64. The molecule has 0 aromatic heterocycles. The standard InChI is InChI=1S/C16H17NO3/c1-20-16-9-13(7-8-14(16)18)15(19)11-17-10-12-5-3-2-4-6-12/h2-9,17-18H,10-11H2,1H3. The van der Waals surface area contributed by atoms with Crippen molar-refractivity contribution in [2.75, 3.05) is 13.7 Å². The summed E-state index contributed by atoms with van der Waals surface area (Å²) in [4.78, 5) is 12.0. The number of hydrogen-bond acceptors (Lipinski definition) is 4. The molecule has 0 bridgehead atoms. The van der Waals surface area contributed by atoms with Gasteiger partial charge >= 0.3 is 0 Å². The molecule has 0 fully saturated rings. The van der Waals surface area contributed by atoms with E-state index in [0.29, 0.717) is 17.9 Å². The van der Waals surface area contributed by atoms with Gasteiger partial charge in [0.1, 0.15) is 0 Å². The molecule has 0 radical (unpaired) electrons. The van der Waals surface area contributed by atoms with Crippen molar-refractivity contribution in [1.82, 2.24) is 5.32 Å². The van der Waals surface area contributed by atoms with E-state index >= 15 is 0 Å². The van der Waals surface area contributed by atoms with E-state index in [1.165, 1.54) is 13.2 Å². The third-order valence-corrected chi connectivity index (χ3v) is 2.96. The van der Waals surface area contributed by atoms with E-state index in [-0.39, 0.29) is 18.1 Å². The van der Waals surface area contributed by atoms with E-state index in [2.05, 4.69) is 5.32 Å². The minimum atomic E-state index is -0.0424. The minimum Gasteiger partial charge on any atom is -0.504 e. The van der Waals surface area contributed by atoms with E-state index in [0.717, 1.165) is 5.56 Å². The van der Waals surface area contributed by atoms with Crippen molar-refractivity contribution in [2.24, 2.45) is 0 Å². The maximum atomic E-state index is 12.0. The summed E-state index contributed by atoms with van der Waals surface area (Å²) in [7, 11) is 1.46. The van der Waals surface area contributed by atoms with Gasteiger partial charge in [0.05, 0.1) is 13.7 Å². The molecule has 0 heterocycles. The number of carbonyl (C=O) groups is 1. The average Bonchev–Trinajstić information content (AvgIpc) is 2.48. The van der Waals surface area contributed by atoms with Gasteiger partial charge in [-0.1, -0.05) is 30.3 Å². The van der Waals surface area contributed by atoms with Crippen LogP contribution in [0.25, 0.3) is 0 Å². The fraction of sp³-hybridized carbons (Fsp3) is 0.188. The second-order valence-corrected chi connectivity index (χ2v) is 4.40. The Morgan fingerprint density at radius 3 is 2.65 bits per heavy atom. The molecule has 0 aliphatic carbocycles. The second kappa shape index (κ2) is 6.73. The van der Waals surface area contributed by atoms with Crippen LogP contribution in [0.3, 0.4) is 0 Å². The third-order valence-electron chi connectivity index (χ3n) is 2.96. The minimum absolute atomic E-state index is 0.0290. The summed E-state index contributed by atoms with van der Waals surface area (Å²) in [5, 5.41) is 12.6. The number of phenols is 1. The molecule has 2 N–H and O–H groups in total.